The van der Waals surface area contributed by atoms with Gasteiger partial charge in [-0.1, -0.05) is 7.43 Å². The van der Waals surface area contributed by atoms with Crippen molar-refractivity contribution < 1.29 is 0 Å². The number of imidazole rings is 1. The summed E-state index contributed by atoms with van der Waals surface area (Å²) in [5, 5.41) is 0. The van der Waals surface area contributed by atoms with E-state index in [-0.39, 0.29) is 7.43 Å². The molecule has 0 amide bonds. The molecule has 0 unspecified atom stereocenters. The summed E-state index contributed by atoms with van der Waals surface area (Å²) in [7, 11) is 0. The Labute approximate surface area is 79.6 Å². The number of rotatable bonds is 0. The molecule has 3 nitrogen and oxygen atoms in total. The number of aromatic nitrogens is 2. The van der Waals surface area contributed by atoms with E-state index in [1.165, 1.54) is 5.57 Å². The molecule has 0 atom stereocenters. The van der Waals surface area contributed by atoms with Crippen LogP contribution >= 0.6 is 0 Å². The average molecular weight is 179 g/mol. The zero-order valence-corrected chi connectivity index (χ0v) is 7.41. The molecule has 1 aliphatic rings. The molecule has 1 aromatic heterocycles. The van der Waals surface area contributed by atoms with E-state index in [9.17, 15) is 0 Å². The van der Waals surface area contributed by atoms with E-state index < -0.39 is 0 Å². The predicted molar refractivity (Wildman–Crippen MR) is 56.9 cm³/mol. The number of nitrogens with zero attached hydrogens (tertiary/aromatic N) is 2. The third-order valence-electron chi connectivity index (χ3n) is 1.45. The number of H-pyrrole nitrogens is 1. The minimum atomic E-state index is 0. The Balaban J connectivity index is 0.000000206. The first-order valence-corrected chi connectivity index (χ1v) is 3.91. The van der Waals surface area contributed by atoms with E-state index in [4.69, 9.17) is 0 Å². The summed E-state index contributed by atoms with van der Waals surface area (Å²) < 4.78 is 0. The molecule has 0 saturated heterocycles. The van der Waals surface area contributed by atoms with Gasteiger partial charge in [-0.2, -0.15) is 0 Å². The molecule has 2 rings (SSSR count). The van der Waals surface area contributed by atoms with Crippen molar-refractivity contribution in [1.29, 1.82) is 0 Å². The average Bonchev–Trinajstić information content (AvgIpc) is 2.63. The lowest BCUT2D eigenvalue weighted by Crippen LogP contribution is -1.64. The highest BCUT2D eigenvalue weighted by Crippen LogP contribution is 2.01. The van der Waals surface area contributed by atoms with Gasteiger partial charge in [0.15, 0.2) is 0 Å². The topological polar surface area (TPSA) is 41.0 Å². The third-order valence-corrected chi connectivity index (χ3v) is 1.45. The molecule has 1 aromatic rings. The summed E-state index contributed by atoms with van der Waals surface area (Å²) in [6, 6.07) is 0. The van der Waals surface area contributed by atoms with Crippen LogP contribution in [0.4, 0.5) is 0 Å². The van der Waals surface area contributed by atoms with E-state index >= 15 is 0 Å². The molecule has 3 heteroatoms. The molecular formula is C10H17N3. The largest absolute Gasteiger partial charge is 0.349 e. The van der Waals surface area contributed by atoms with Crippen molar-refractivity contribution >= 4 is 6.21 Å². The van der Waals surface area contributed by atoms with Crippen molar-refractivity contribution in [1.82, 2.24) is 9.97 Å². The summed E-state index contributed by atoms with van der Waals surface area (Å²) in [6.45, 7) is 4.04. The van der Waals surface area contributed by atoms with Crippen molar-refractivity contribution in [2.45, 2.75) is 27.7 Å². The van der Waals surface area contributed by atoms with Gasteiger partial charge in [-0.25, -0.2) is 4.98 Å². The van der Waals surface area contributed by atoms with Crippen molar-refractivity contribution in [2.24, 2.45) is 4.99 Å². The monoisotopic (exact) mass is 179 g/mol. The highest BCUT2D eigenvalue weighted by atomic mass is 14.8. The van der Waals surface area contributed by atoms with Gasteiger partial charge in [-0.3, -0.25) is 4.99 Å². The minimum Gasteiger partial charge on any atom is -0.349 e. The van der Waals surface area contributed by atoms with Gasteiger partial charge in [0, 0.05) is 30.7 Å². The molecule has 0 fully saturated rings. The molecule has 0 bridgehead atoms. The Morgan fingerprint density at radius 3 is 2.31 bits per heavy atom. The van der Waals surface area contributed by atoms with Gasteiger partial charge in [0.1, 0.15) is 0 Å². The Morgan fingerprint density at radius 2 is 2.15 bits per heavy atom. The van der Waals surface area contributed by atoms with Crippen LogP contribution in [0.3, 0.4) is 0 Å². The van der Waals surface area contributed by atoms with E-state index in [1.807, 2.05) is 19.3 Å². The van der Waals surface area contributed by atoms with Crippen LogP contribution in [0.2, 0.25) is 0 Å². The van der Waals surface area contributed by atoms with E-state index in [0.29, 0.717) is 0 Å². The van der Waals surface area contributed by atoms with Crippen LogP contribution in [0, 0.1) is 6.92 Å². The first-order chi connectivity index (χ1) is 5.79. The van der Waals surface area contributed by atoms with Crippen molar-refractivity contribution in [2.75, 3.05) is 0 Å². The normalized spacial score (nSPS) is 12.6. The number of hydrogen-bond donors (Lipinski definition) is 1. The number of aryl methyl sites for hydroxylation is 1. The maximum absolute atomic E-state index is 3.88. The van der Waals surface area contributed by atoms with Gasteiger partial charge >= 0.3 is 0 Å². The first kappa shape index (κ1) is 11.6. The summed E-state index contributed by atoms with van der Waals surface area (Å²) in [4.78, 5) is 10.5. The van der Waals surface area contributed by atoms with Crippen LogP contribution in [-0.2, 0) is 0 Å². The molecular weight excluding hydrogens is 162 g/mol. The molecule has 2 heterocycles. The lowest BCUT2D eigenvalue weighted by Gasteiger charge is -1.76. The molecule has 0 aliphatic carbocycles. The second-order valence-corrected chi connectivity index (χ2v) is 2.75. The standard InChI is InChI=1S/C5H7N.C4H6N2.CH4/c1-5-2-3-6-4-5;1-4-2-5-3-6-4;/h3-4H,2H2,1H3;2-3H,1H3,(H,5,6);1H4. The molecule has 0 saturated carbocycles. The van der Waals surface area contributed by atoms with Crippen LogP contribution in [-0.4, -0.2) is 16.2 Å². The van der Waals surface area contributed by atoms with Crippen LogP contribution < -0.4 is 0 Å². The van der Waals surface area contributed by atoms with Crippen molar-refractivity contribution in [3.05, 3.63) is 30.0 Å². The smallest absolute Gasteiger partial charge is 0.0921 e. The van der Waals surface area contributed by atoms with E-state index in [1.54, 1.807) is 12.5 Å². The van der Waals surface area contributed by atoms with E-state index in [0.717, 1.165) is 12.1 Å². The Bertz CT molecular complexity index is 270. The molecule has 0 spiro atoms. The fourth-order valence-corrected chi connectivity index (χ4v) is 0.755. The lowest BCUT2D eigenvalue weighted by atomic mass is 10.3. The Kier molecular flexibility index (Phi) is 5.52. The summed E-state index contributed by atoms with van der Waals surface area (Å²) in [5.74, 6) is 0. The van der Waals surface area contributed by atoms with Crippen molar-refractivity contribution in [3.8, 4) is 0 Å². The maximum atomic E-state index is 3.88. The minimum absolute atomic E-state index is 0. The zero-order valence-electron chi connectivity index (χ0n) is 7.41. The highest BCUT2D eigenvalue weighted by Gasteiger charge is 1.87. The fourth-order valence-electron chi connectivity index (χ4n) is 0.755. The summed E-state index contributed by atoms with van der Waals surface area (Å²) in [6.07, 6.45) is 8.30. The zero-order chi connectivity index (χ0) is 8.81. The van der Waals surface area contributed by atoms with Crippen molar-refractivity contribution in [3.63, 3.8) is 0 Å². The SMILES string of the molecule is C.CC1=CN=CC1.Cc1cnc[nH]1. The summed E-state index contributed by atoms with van der Waals surface area (Å²) in [5.41, 5.74) is 2.46. The van der Waals surface area contributed by atoms with E-state index in [2.05, 4.69) is 21.9 Å². The second kappa shape index (κ2) is 6.17. The number of hydrogen-bond acceptors (Lipinski definition) is 2. The van der Waals surface area contributed by atoms with Gasteiger partial charge in [-0.15, -0.1) is 0 Å². The number of aliphatic imine (C=N–C) groups is 1. The lowest BCUT2D eigenvalue weighted by molar-refractivity contribution is 1.25. The predicted octanol–water partition coefficient (Wildman–Crippen LogP) is 2.72. The van der Waals surface area contributed by atoms with Crippen LogP contribution in [0.15, 0.2) is 29.3 Å². The van der Waals surface area contributed by atoms with Gasteiger partial charge in [0.2, 0.25) is 0 Å². The maximum Gasteiger partial charge on any atom is 0.0921 e. The molecule has 1 N–H and O–H groups in total. The quantitative estimate of drug-likeness (QED) is 0.653. The number of aromatic amines is 1. The molecule has 0 radical (unpaired) electrons. The number of nitrogens with one attached hydrogen (secondary N) is 1. The van der Waals surface area contributed by atoms with Crippen LogP contribution in [0.1, 0.15) is 26.5 Å². The molecule has 72 valence electrons. The van der Waals surface area contributed by atoms with Gasteiger partial charge in [0.25, 0.3) is 0 Å². The van der Waals surface area contributed by atoms with Crippen LogP contribution in [0.5, 0.6) is 0 Å². The Hall–Kier alpha value is -1.38. The first-order valence-electron chi connectivity index (χ1n) is 3.91. The van der Waals surface area contributed by atoms with Gasteiger partial charge in [-0.05, 0) is 19.4 Å². The van der Waals surface area contributed by atoms with Gasteiger partial charge in [0.05, 0.1) is 6.33 Å². The molecule has 13 heavy (non-hydrogen) atoms. The summed E-state index contributed by atoms with van der Waals surface area (Å²) >= 11 is 0. The molecule has 0 aromatic carbocycles. The third kappa shape index (κ3) is 4.95. The van der Waals surface area contributed by atoms with Gasteiger partial charge < -0.3 is 4.98 Å². The number of allylic oxidation sites excluding steroid dienone is 1. The Morgan fingerprint density at radius 1 is 1.38 bits per heavy atom. The highest BCUT2D eigenvalue weighted by molar-refractivity contribution is 5.64. The molecule has 1 aliphatic heterocycles. The van der Waals surface area contributed by atoms with Crippen LogP contribution in [0.25, 0.3) is 0 Å². The fraction of sp³-hybridized carbons (Fsp3) is 0.400. The second-order valence-electron chi connectivity index (χ2n) is 2.75.